The first-order chi connectivity index (χ1) is 13.0. The number of urea groups is 1. The summed E-state index contributed by atoms with van der Waals surface area (Å²) in [7, 11) is 2.05. The van der Waals surface area contributed by atoms with Crippen molar-refractivity contribution in [2.45, 2.75) is 18.9 Å². The maximum atomic E-state index is 12.3. The zero-order chi connectivity index (χ0) is 19.2. The number of hydrogen-bond donors (Lipinski definition) is 3. The van der Waals surface area contributed by atoms with Crippen LogP contribution in [-0.2, 0) is 4.84 Å². The highest BCUT2D eigenvalue weighted by molar-refractivity contribution is 5.97. The van der Waals surface area contributed by atoms with Gasteiger partial charge in [0.15, 0.2) is 0 Å². The van der Waals surface area contributed by atoms with Gasteiger partial charge in [0.05, 0.1) is 17.4 Å². The van der Waals surface area contributed by atoms with Crippen LogP contribution in [-0.4, -0.2) is 48.2 Å². The molecule has 0 atom stereocenters. The van der Waals surface area contributed by atoms with Crippen LogP contribution in [0.2, 0.25) is 0 Å². The smallest absolute Gasteiger partial charge is 0.343 e. The van der Waals surface area contributed by atoms with Gasteiger partial charge in [-0.25, -0.2) is 15.1 Å². The molecular weight excluding hydrogens is 346 g/mol. The third-order valence-corrected chi connectivity index (χ3v) is 4.58. The Labute approximate surface area is 157 Å². The number of benzene rings is 2. The summed E-state index contributed by atoms with van der Waals surface area (Å²) in [6.45, 7) is 1.85. The Hall–Kier alpha value is -2.90. The normalized spacial score (nSPS) is 15.3. The molecule has 7 heteroatoms. The quantitative estimate of drug-likeness (QED) is 0.704. The maximum Gasteiger partial charge on any atom is 0.343 e. The number of carbonyl (C=O) groups is 2. The van der Waals surface area contributed by atoms with Crippen molar-refractivity contribution in [3.8, 4) is 11.1 Å². The minimum absolute atomic E-state index is 0.0223. The van der Waals surface area contributed by atoms with E-state index in [1.807, 2.05) is 30.3 Å². The van der Waals surface area contributed by atoms with Crippen molar-refractivity contribution in [1.29, 1.82) is 0 Å². The molecule has 7 nitrogen and oxygen atoms in total. The fraction of sp³-hybridized carbons (Fsp3) is 0.300. The fourth-order valence-corrected chi connectivity index (χ4v) is 3.04. The lowest BCUT2D eigenvalue weighted by Crippen LogP contribution is -2.39. The number of rotatable bonds is 5. The molecule has 0 spiro atoms. The van der Waals surface area contributed by atoms with Crippen molar-refractivity contribution in [3.63, 3.8) is 0 Å². The first-order valence-electron chi connectivity index (χ1n) is 8.87. The largest absolute Gasteiger partial charge is 0.478 e. The lowest BCUT2D eigenvalue weighted by atomic mass is 10.0. The molecule has 27 heavy (non-hydrogen) atoms. The molecule has 2 amide bonds. The van der Waals surface area contributed by atoms with Crippen LogP contribution in [0.25, 0.3) is 11.1 Å². The maximum absolute atomic E-state index is 12.3. The van der Waals surface area contributed by atoms with Crippen molar-refractivity contribution >= 4 is 17.7 Å². The van der Waals surface area contributed by atoms with Crippen LogP contribution in [0.4, 0.5) is 10.5 Å². The average molecular weight is 369 g/mol. The van der Waals surface area contributed by atoms with Gasteiger partial charge in [0.2, 0.25) is 0 Å². The van der Waals surface area contributed by atoms with Crippen LogP contribution in [0.1, 0.15) is 23.2 Å². The summed E-state index contributed by atoms with van der Waals surface area (Å²) in [6, 6.07) is 13.6. The summed E-state index contributed by atoms with van der Waals surface area (Å²) in [5.74, 6) is -1.05. The van der Waals surface area contributed by atoms with E-state index in [1.54, 1.807) is 6.07 Å². The van der Waals surface area contributed by atoms with Gasteiger partial charge in [-0.3, -0.25) is 4.84 Å². The number of nitrogens with zero attached hydrogens (tertiary/aromatic N) is 1. The molecule has 0 radical (unpaired) electrons. The topological polar surface area (TPSA) is 90.9 Å². The number of amides is 2. The zero-order valence-electron chi connectivity index (χ0n) is 15.1. The second kappa shape index (κ2) is 8.66. The van der Waals surface area contributed by atoms with E-state index in [1.165, 1.54) is 12.1 Å². The van der Waals surface area contributed by atoms with Gasteiger partial charge in [-0.15, -0.1) is 0 Å². The second-order valence-electron chi connectivity index (χ2n) is 6.61. The molecule has 142 valence electrons. The van der Waals surface area contributed by atoms with Gasteiger partial charge in [0.25, 0.3) is 0 Å². The third-order valence-electron chi connectivity index (χ3n) is 4.58. The van der Waals surface area contributed by atoms with Gasteiger partial charge in [-0.1, -0.05) is 36.4 Å². The SMILES string of the molecule is CN1CCC(ONC(=O)Nc2cc(C(=O)O)ccc2-c2ccccc2)CC1. The predicted octanol–water partition coefficient (Wildman–Crippen LogP) is 3.20. The van der Waals surface area contributed by atoms with E-state index in [2.05, 4.69) is 22.7 Å². The monoisotopic (exact) mass is 369 g/mol. The molecule has 0 saturated carbocycles. The second-order valence-corrected chi connectivity index (χ2v) is 6.61. The minimum atomic E-state index is -1.05. The Kier molecular flexibility index (Phi) is 6.05. The van der Waals surface area contributed by atoms with Crippen molar-refractivity contribution in [3.05, 3.63) is 54.1 Å². The standard InChI is InChI=1S/C20H23N3O4/c1-23-11-9-16(10-12-23)27-22-20(26)21-18-13-15(19(24)25)7-8-17(18)14-5-3-2-4-6-14/h2-8,13,16H,9-12H2,1H3,(H,24,25)(H2,21,22,26). The van der Waals surface area contributed by atoms with Crippen LogP contribution in [0.15, 0.2) is 48.5 Å². The van der Waals surface area contributed by atoms with E-state index in [0.29, 0.717) is 5.69 Å². The van der Waals surface area contributed by atoms with Crippen LogP contribution in [0, 0.1) is 0 Å². The number of carbonyl (C=O) groups excluding carboxylic acids is 1. The fourth-order valence-electron chi connectivity index (χ4n) is 3.04. The van der Waals surface area contributed by atoms with Crippen LogP contribution in [0.5, 0.6) is 0 Å². The molecule has 2 aromatic rings. The van der Waals surface area contributed by atoms with Crippen LogP contribution in [0.3, 0.4) is 0 Å². The van der Waals surface area contributed by atoms with Crippen LogP contribution < -0.4 is 10.8 Å². The summed E-state index contributed by atoms with van der Waals surface area (Å²) < 4.78 is 0. The van der Waals surface area contributed by atoms with E-state index < -0.39 is 12.0 Å². The molecule has 1 saturated heterocycles. The molecule has 2 aromatic carbocycles. The Bertz CT molecular complexity index is 802. The molecule has 1 aliphatic rings. The summed E-state index contributed by atoms with van der Waals surface area (Å²) >= 11 is 0. The van der Waals surface area contributed by atoms with Gasteiger partial charge in [0, 0.05) is 18.7 Å². The average Bonchev–Trinajstić information content (AvgIpc) is 2.68. The summed E-state index contributed by atoms with van der Waals surface area (Å²) in [4.78, 5) is 31.3. The third kappa shape index (κ3) is 5.06. The molecule has 0 bridgehead atoms. The van der Waals surface area contributed by atoms with E-state index in [9.17, 15) is 14.7 Å². The van der Waals surface area contributed by atoms with Crippen LogP contribution >= 0.6 is 0 Å². The number of likely N-dealkylation sites (tertiary alicyclic amines) is 1. The molecule has 1 aliphatic heterocycles. The summed E-state index contributed by atoms with van der Waals surface area (Å²) in [5, 5.41) is 11.9. The number of hydrogen-bond acceptors (Lipinski definition) is 4. The molecule has 3 rings (SSSR count). The van der Waals surface area contributed by atoms with E-state index in [4.69, 9.17) is 4.84 Å². The number of hydroxylamine groups is 1. The lowest BCUT2D eigenvalue weighted by molar-refractivity contribution is -0.0305. The number of anilines is 1. The number of carboxylic acid groups (broad SMARTS) is 1. The molecule has 0 aliphatic carbocycles. The predicted molar refractivity (Wildman–Crippen MR) is 103 cm³/mol. The number of carboxylic acids is 1. The number of nitrogens with one attached hydrogen (secondary N) is 2. The first kappa shape index (κ1) is 18.9. The van der Waals surface area contributed by atoms with E-state index >= 15 is 0 Å². The number of piperidine rings is 1. The molecule has 0 unspecified atom stereocenters. The van der Waals surface area contributed by atoms with Gasteiger partial charge in [-0.05, 0) is 37.6 Å². The van der Waals surface area contributed by atoms with Crippen molar-refractivity contribution in [2.75, 3.05) is 25.5 Å². The zero-order valence-corrected chi connectivity index (χ0v) is 15.1. The molecule has 3 N–H and O–H groups in total. The highest BCUT2D eigenvalue weighted by Gasteiger charge is 2.19. The minimum Gasteiger partial charge on any atom is -0.478 e. The Morgan fingerprint density at radius 2 is 1.81 bits per heavy atom. The Balaban J connectivity index is 1.71. The Morgan fingerprint density at radius 1 is 1.11 bits per heavy atom. The first-order valence-corrected chi connectivity index (χ1v) is 8.87. The number of aromatic carboxylic acids is 1. The van der Waals surface area contributed by atoms with E-state index in [-0.39, 0.29) is 11.7 Å². The van der Waals surface area contributed by atoms with Crippen molar-refractivity contribution in [1.82, 2.24) is 10.4 Å². The van der Waals surface area contributed by atoms with Crippen molar-refractivity contribution in [2.24, 2.45) is 0 Å². The molecular formula is C20H23N3O4. The van der Waals surface area contributed by atoms with Crippen molar-refractivity contribution < 1.29 is 19.5 Å². The molecule has 0 aromatic heterocycles. The van der Waals surface area contributed by atoms with Gasteiger partial charge < -0.3 is 15.3 Å². The van der Waals surface area contributed by atoms with Gasteiger partial charge in [-0.2, -0.15) is 0 Å². The summed E-state index contributed by atoms with van der Waals surface area (Å²) in [6.07, 6.45) is 1.67. The Morgan fingerprint density at radius 3 is 2.48 bits per heavy atom. The summed E-state index contributed by atoms with van der Waals surface area (Å²) in [5.41, 5.74) is 4.54. The van der Waals surface area contributed by atoms with Gasteiger partial charge in [0.1, 0.15) is 0 Å². The highest BCUT2D eigenvalue weighted by atomic mass is 16.7. The highest BCUT2D eigenvalue weighted by Crippen LogP contribution is 2.29. The van der Waals surface area contributed by atoms with Gasteiger partial charge >= 0.3 is 12.0 Å². The van der Waals surface area contributed by atoms with E-state index in [0.717, 1.165) is 37.1 Å². The lowest BCUT2D eigenvalue weighted by Gasteiger charge is -2.28. The molecule has 1 fully saturated rings. The molecule has 1 heterocycles.